The van der Waals surface area contributed by atoms with Crippen LogP contribution < -0.4 is 5.32 Å². The molecule has 0 radical (unpaired) electrons. The normalized spacial score (nSPS) is 15.2. The van der Waals surface area contributed by atoms with Crippen molar-refractivity contribution in [2.45, 2.75) is 52.8 Å². The Hall–Kier alpha value is -0.860. The summed E-state index contributed by atoms with van der Waals surface area (Å²) in [5.41, 5.74) is 3.49. The Morgan fingerprint density at radius 1 is 1.06 bits per heavy atom. The Labute approximate surface area is 98.7 Å². The van der Waals surface area contributed by atoms with Crippen molar-refractivity contribution in [1.82, 2.24) is 5.32 Å². The molecule has 0 amide bonds. The Balaban J connectivity index is 3.00. The summed E-state index contributed by atoms with van der Waals surface area (Å²) < 4.78 is 0. The third-order valence-corrected chi connectivity index (χ3v) is 2.92. The minimum absolute atomic E-state index is 0.318. The minimum Gasteiger partial charge on any atom is -0.389 e. The van der Waals surface area contributed by atoms with Crippen LogP contribution in [0.15, 0.2) is 18.2 Å². The molecule has 2 atom stereocenters. The maximum Gasteiger partial charge on any atom is 0.0764 e. The van der Waals surface area contributed by atoms with Gasteiger partial charge in [0.2, 0.25) is 0 Å². The third-order valence-electron chi connectivity index (χ3n) is 2.92. The van der Waals surface area contributed by atoms with Crippen molar-refractivity contribution < 1.29 is 5.11 Å². The second-order valence-corrected chi connectivity index (χ2v) is 4.78. The molecule has 0 spiro atoms. The molecule has 1 aromatic rings. The van der Waals surface area contributed by atoms with Crippen molar-refractivity contribution >= 4 is 0 Å². The molecule has 0 saturated carbocycles. The molecule has 1 unspecified atom stereocenters. The number of hydrogen-bond acceptors (Lipinski definition) is 2. The third kappa shape index (κ3) is 3.06. The summed E-state index contributed by atoms with van der Waals surface area (Å²) >= 11 is 0. The first kappa shape index (κ1) is 13.2. The Morgan fingerprint density at radius 3 is 2.12 bits per heavy atom. The van der Waals surface area contributed by atoms with Crippen LogP contribution in [0, 0.1) is 6.92 Å². The monoisotopic (exact) mass is 221 g/mol. The maximum atomic E-state index is 9.67. The van der Waals surface area contributed by atoms with Gasteiger partial charge in [0, 0.05) is 12.1 Å². The summed E-state index contributed by atoms with van der Waals surface area (Å²) in [5, 5.41) is 13.2. The van der Waals surface area contributed by atoms with Crippen LogP contribution >= 0.6 is 0 Å². The van der Waals surface area contributed by atoms with E-state index < -0.39 is 6.10 Å². The summed E-state index contributed by atoms with van der Waals surface area (Å²) in [5.74, 6) is 0. The molecule has 16 heavy (non-hydrogen) atoms. The SMILES string of the molecule is Cc1c(C(C)O)cccc1[C@@H](C)NC(C)C. The predicted octanol–water partition coefficient (Wildman–Crippen LogP) is 3.11. The van der Waals surface area contributed by atoms with Gasteiger partial charge in [-0.2, -0.15) is 0 Å². The highest BCUT2D eigenvalue weighted by Crippen LogP contribution is 2.24. The molecule has 0 bridgehead atoms. The highest BCUT2D eigenvalue weighted by molar-refractivity contribution is 5.37. The van der Waals surface area contributed by atoms with E-state index in [0.29, 0.717) is 12.1 Å². The summed E-state index contributed by atoms with van der Waals surface area (Å²) in [6.07, 6.45) is -0.397. The van der Waals surface area contributed by atoms with Gasteiger partial charge >= 0.3 is 0 Å². The second kappa shape index (κ2) is 5.46. The molecule has 1 rings (SSSR count). The van der Waals surface area contributed by atoms with Gasteiger partial charge in [0.15, 0.2) is 0 Å². The predicted molar refractivity (Wildman–Crippen MR) is 68.5 cm³/mol. The summed E-state index contributed by atoms with van der Waals surface area (Å²) in [7, 11) is 0. The van der Waals surface area contributed by atoms with Crippen LogP contribution in [-0.2, 0) is 0 Å². The molecule has 0 saturated heterocycles. The van der Waals surface area contributed by atoms with Crippen LogP contribution in [0.3, 0.4) is 0 Å². The molecule has 0 fully saturated rings. The van der Waals surface area contributed by atoms with Gasteiger partial charge in [0.05, 0.1) is 6.10 Å². The molecule has 0 heterocycles. The van der Waals surface area contributed by atoms with Gasteiger partial charge in [-0.1, -0.05) is 32.0 Å². The zero-order valence-electron chi connectivity index (χ0n) is 10.9. The molecule has 2 nitrogen and oxygen atoms in total. The molecular weight excluding hydrogens is 198 g/mol. The highest BCUT2D eigenvalue weighted by Gasteiger charge is 2.13. The van der Waals surface area contributed by atoms with Crippen molar-refractivity contribution in [2.24, 2.45) is 0 Å². The lowest BCUT2D eigenvalue weighted by Gasteiger charge is -2.21. The molecule has 1 aromatic carbocycles. The molecule has 0 aliphatic rings. The number of rotatable bonds is 4. The fraction of sp³-hybridized carbons (Fsp3) is 0.571. The smallest absolute Gasteiger partial charge is 0.0764 e. The maximum absolute atomic E-state index is 9.67. The fourth-order valence-corrected chi connectivity index (χ4v) is 2.18. The van der Waals surface area contributed by atoms with Crippen molar-refractivity contribution in [3.8, 4) is 0 Å². The number of benzene rings is 1. The average molecular weight is 221 g/mol. The lowest BCUT2D eigenvalue weighted by atomic mass is 9.95. The molecule has 2 N–H and O–H groups in total. The number of aliphatic hydroxyl groups excluding tert-OH is 1. The Morgan fingerprint density at radius 2 is 1.62 bits per heavy atom. The molecule has 0 aromatic heterocycles. The van der Waals surface area contributed by atoms with E-state index in [9.17, 15) is 5.11 Å². The van der Waals surface area contributed by atoms with E-state index in [1.807, 2.05) is 19.1 Å². The van der Waals surface area contributed by atoms with Crippen LogP contribution in [0.5, 0.6) is 0 Å². The van der Waals surface area contributed by atoms with Gasteiger partial charge in [0.25, 0.3) is 0 Å². The topological polar surface area (TPSA) is 32.3 Å². The van der Waals surface area contributed by atoms with Crippen molar-refractivity contribution in [3.63, 3.8) is 0 Å². The molecule has 90 valence electrons. The Bertz CT molecular complexity index is 345. The van der Waals surface area contributed by atoms with Crippen molar-refractivity contribution in [2.75, 3.05) is 0 Å². The fourth-order valence-electron chi connectivity index (χ4n) is 2.18. The first-order chi connectivity index (χ1) is 7.43. The van der Waals surface area contributed by atoms with Crippen molar-refractivity contribution in [3.05, 3.63) is 34.9 Å². The van der Waals surface area contributed by atoms with E-state index >= 15 is 0 Å². The van der Waals surface area contributed by atoms with Crippen LogP contribution in [0.4, 0.5) is 0 Å². The molecular formula is C14H23NO. The van der Waals surface area contributed by atoms with Crippen LogP contribution in [0.1, 0.15) is 56.5 Å². The van der Waals surface area contributed by atoms with Crippen LogP contribution in [0.25, 0.3) is 0 Å². The van der Waals surface area contributed by atoms with E-state index in [1.165, 1.54) is 11.1 Å². The number of nitrogens with one attached hydrogen (secondary N) is 1. The summed E-state index contributed by atoms with van der Waals surface area (Å²) in [6, 6.07) is 6.92. The van der Waals surface area contributed by atoms with E-state index in [2.05, 4.69) is 39.1 Å². The second-order valence-electron chi connectivity index (χ2n) is 4.78. The minimum atomic E-state index is -0.397. The lowest BCUT2D eigenvalue weighted by molar-refractivity contribution is 0.198. The molecule has 0 aliphatic heterocycles. The first-order valence-corrected chi connectivity index (χ1v) is 5.97. The zero-order valence-corrected chi connectivity index (χ0v) is 10.9. The van der Waals surface area contributed by atoms with Crippen LogP contribution in [-0.4, -0.2) is 11.1 Å². The standard InChI is InChI=1S/C14H23NO/c1-9(2)15-11(4)13-7-6-8-14(10(13)3)12(5)16/h6-9,11-12,15-16H,1-5H3/t11-,12?/m1/s1. The quantitative estimate of drug-likeness (QED) is 0.819. The number of aliphatic hydroxyl groups is 1. The first-order valence-electron chi connectivity index (χ1n) is 5.97. The lowest BCUT2D eigenvalue weighted by Crippen LogP contribution is -2.26. The molecule has 0 aliphatic carbocycles. The van der Waals surface area contributed by atoms with E-state index in [-0.39, 0.29) is 0 Å². The number of hydrogen-bond donors (Lipinski definition) is 2. The van der Waals surface area contributed by atoms with Gasteiger partial charge in [0.1, 0.15) is 0 Å². The molecule has 2 heteroatoms. The van der Waals surface area contributed by atoms with Crippen LogP contribution in [0.2, 0.25) is 0 Å². The van der Waals surface area contributed by atoms with E-state index in [4.69, 9.17) is 0 Å². The van der Waals surface area contributed by atoms with E-state index in [1.54, 1.807) is 0 Å². The summed E-state index contributed by atoms with van der Waals surface area (Å²) in [4.78, 5) is 0. The van der Waals surface area contributed by atoms with Gasteiger partial charge < -0.3 is 10.4 Å². The van der Waals surface area contributed by atoms with Gasteiger partial charge in [-0.05, 0) is 37.5 Å². The van der Waals surface area contributed by atoms with Gasteiger partial charge in [-0.3, -0.25) is 0 Å². The Kier molecular flexibility index (Phi) is 4.51. The van der Waals surface area contributed by atoms with Gasteiger partial charge in [-0.15, -0.1) is 0 Å². The summed E-state index contributed by atoms with van der Waals surface area (Å²) in [6.45, 7) is 10.3. The van der Waals surface area contributed by atoms with Gasteiger partial charge in [-0.25, -0.2) is 0 Å². The largest absolute Gasteiger partial charge is 0.389 e. The zero-order chi connectivity index (χ0) is 12.3. The average Bonchev–Trinajstić information content (AvgIpc) is 2.16. The van der Waals surface area contributed by atoms with E-state index in [0.717, 1.165) is 5.56 Å². The van der Waals surface area contributed by atoms with Crippen molar-refractivity contribution in [1.29, 1.82) is 0 Å². The highest BCUT2D eigenvalue weighted by atomic mass is 16.3.